The van der Waals surface area contributed by atoms with Gasteiger partial charge < -0.3 is 5.73 Å². The summed E-state index contributed by atoms with van der Waals surface area (Å²) in [5, 5.41) is 26.8. The van der Waals surface area contributed by atoms with Crippen LogP contribution < -0.4 is 11.2 Å². The number of halogens is 1. The molecule has 3 N–H and O–H groups in total. The van der Waals surface area contributed by atoms with Crippen LogP contribution in [-0.4, -0.2) is 32.7 Å². The van der Waals surface area contributed by atoms with Gasteiger partial charge in [-0.15, -0.1) is 0 Å². The summed E-state index contributed by atoms with van der Waals surface area (Å²) in [4.78, 5) is 8.58. The summed E-state index contributed by atoms with van der Waals surface area (Å²) in [6, 6.07) is 9.71. The van der Waals surface area contributed by atoms with Gasteiger partial charge in [0.15, 0.2) is 0 Å². The van der Waals surface area contributed by atoms with Crippen LogP contribution in [0.25, 0.3) is 28.7 Å². The number of nitriles is 1. The molecule has 156 valence electrons. The lowest BCUT2D eigenvalue weighted by atomic mass is 9.44. The van der Waals surface area contributed by atoms with Gasteiger partial charge >= 0.3 is 0 Å². The first kappa shape index (κ1) is 21.7. The van der Waals surface area contributed by atoms with Crippen LogP contribution >= 0.6 is 0 Å². The van der Waals surface area contributed by atoms with Crippen LogP contribution in [0.2, 0.25) is 6.32 Å². The number of aromatic nitrogens is 4. The van der Waals surface area contributed by atoms with Gasteiger partial charge in [-0.2, -0.15) is 10.2 Å². The summed E-state index contributed by atoms with van der Waals surface area (Å²) in [5.41, 5.74) is 8.40. The first-order valence-electron chi connectivity index (χ1n) is 9.70. The van der Waals surface area contributed by atoms with Crippen molar-refractivity contribution in [2.45, 2.75) is 26.1 Å². The molecule has 1 aliphatic heterocycles. The molecule has 0 aliphatic carbocycles. The third-order valence-corrected chi connectivity index (χ3v) is 4.89. The van der Waals surface area contributed by atoms with E-state index in [2.05, 4.69) is 16.8 Å². The van der Waals surface area contributed by atoms with E-state index in [0.717, 1.165) is 23.1 Å². The summed E-state index contributed by atoms with van der Waals surface area (Å²) < 4.78 is 16.9. The highest BCUT2D eigenvalue weighted by atomic mass is 19.1. The Morgan fingerprint density at radius 3 is 2.61 bits per heavy atom. The van der Waals surface area contributed by atoms with Crippen LogP contribution in [0.4, 0.5) is 4.39 Å². The Morgan fingerprint density at radius 2 is 1.97 bits per heavy atom. The van der Waals surface area contributed by atoms with E-state index in [1.165, 1.54) is 16.8 Å². The Bertz CT molecular complexity index is 1210. The molecule has 0 bridgehead atoms. The zero-order chi connectivity index (χ0) is 22.4. The molecule has 2 aromatic heterocycles. The Hall–Kier alpha value is -4.00. The maximum Gasteiger partial charge on any atom is 0.275 e. The highest BCUT2D eigenvalue weighted by molar-refractivity contribution is 6.66. The molecule has 8 nitrogen and oxygen atoms in total. The Morgan fingerprint density at radius 1 is 1.26 bits per heavy atom. The van der Waals surface area contributed by atoms with Crippen LogP contribution in [0.3, 0.4) is 0 Å². The number of nitrogens with two attached hydrogens (primary N) is 1. The number of carbonyl (C=O) groups is 1. The van der Waals surface area contributed by atoms with Gasteiger partial charge in [-0.05, 0) is 56.0 Å². The number of nitrogens with one attached hydrogen (secondary N) is 1. The largest absolute Gasteiger partial charge is 0.372 e. The molecule has 0 saturated carbocycles. The predicted octanol–water partition coefficient (Wildman–Crippen LogP) is 2.28. The van der Waals surface area contributed by atoms with E-state index in [1.807, 2.05) is 17.7 Å². The third kappa shape index (κ3) is 4.61. The number of fused-ring (bicyclic) bond motifs is 1. The quantitative estimate of drug-likeness (QED) is 0.501. The van der Waals surface area contributed by atoms with E-state index in [4.69, 9.17) is 15.3 Å². The number of carbonyl (C=O) groups excluding carboxylic acids is 1. The number of amides is 1. The van der Waals surface area contributed by atoms with Crippen molar-refractivity contribution < 1.29 is 9.18 Å². The number of allylic oxidation sites excluding steroid dienone is 1. The lowest BCUT2D eigenvalue weighted by molar-refractivity contribution is -0.106. The van der Waals surface area contributed by atoms with E-state index in [1.54, 1.807) is 30.5 Å². The molecule has 0 saturated heterocycles. The standard InChI is InChI=1S/C20H18BFN6.CH3NO/c1-2-10-28-18(24)8-7-16(25-28)19-17-12-21(13-23)9-11-27(17)26-20(19)14-3-5-15(22)6-4-14;2-1-3/h2-8,10,24H,9,11-12H2,1H3;1H,(H2,2,3)/b10-2+,24-18?;. The van der Waals surface area contributed by atoms with Gasteiger partial charge in [0.1, 0.15) is 17.0 Å². The van der Waals surface area contributed by atoms with Crippen LogP contribution in [0.5, 0.6) is 0 Å². The number of hydrogen-bond donors (Lipinski definition) is 2. The maximum absolute atomic E-state index is 13.4. The average Bonchev–Trinajstić information content (AvgIpc) is 3.15. The summed E-state index contributed by atoms with van der Waals surface area (Å²) in [6.07, 6.45) is 5.13. The number of nitrogens with zero attached hydrogens (tertiary/aromatic N) is 5. The predicted molar refractivity (Wildman–Crippen MR) is 116 cm³/mol. The van der Waals surface area contributed by atoms with Crippen molar-refractivity contribution in [2.24, 2.45) is 5.73 Å². The van der Waals surface area contributed by atoms with Crippen molar-refractivity contribution in [3.63, 3.8) is 0 Å². The summed E-state index contributed by atoms with van der Waals surface area (Å²) in [6.45, 7) is 2.46. The molecule has 0 fully saturated rings. The summed E-state index contributed by atoms with van der Waals surface area (Å²) in [7, 11) is 0. The number of rotatable bonds is 3. The molecular weight excluding hydrogens is 396 g/mol. The lowest BCUT2D eigenvalue weighted by Gasteiger charge is -2.16. The fraction of sp³-hybridized carbons (Fsp3) is 0.190. The van der Waals surface area contributed by atoms with Gasteiger partial charge in [0.2, 0.25) is 6.41 Å². The SMILES string of the molecule is C/C=C/n1nc(-c2c(-c3ccc(F)cc3)nn3c2CB(C#N)CC3)ccc1=N.NC=O. The first-order chi connectivity index (χ1) is 15.0. The van der Waals surface area contributed by atoms with E-state index in [0.29, 0.717) is 24.3 Å². The monoisotopic (exact) mass is 417 g/mol. The molecule has 3 aromatic rings. The molecule has 1 amide bonds. The van der Waals surface area contributed by atoms with Gasteiger partial charge in [0, 0.05) is 30.0 Å². The van der Waals surface area contributed by atoms with E-state index >= 15 is 0 Å². The van der Waals surface area contributed by atoms with E-state index in [-0.39, 0.29) is 24.4 Å². The second-order valence-corrected chi connectivity index (χ2v) is 6.89. The second-order valence-electron chi connectivity index (χ2n) is 6.89. The zero-order valence-electron chi connectivity index (χ0n) is 17.0. The molecule has 0 radical (unpaired) electrons. The maximum atomic E-state index is 13.4. The molecule has 4 rings (SSSR count). The normalized spacial score (nSPS) is 12.6. The van der Waals surface area contributed by atoms with Crippen molar-refractivity contribution >= 4 is 19.3 Å². The van der Waals surface area contributed by atoms with Gasteiger partial charge in [0.25, 0.3) is 6.71 Å². The van der Waals surface area contributed by atoms with E-state index in [9.17, 15) is 9.65 Å². The summed E-state index contributed by atoms with van der Waals surface area (Å²) >= 11 is 0. The molecule has 0 unspecified atom stereocenters. The van der Waals surface area contributed by atoms with E-state index < -0.39 is 0 Å². The highest BCUT2D eigenvalue weighted by Gasteiger charge is 2.30. The van der Waals surface area contributed by atoms with Crippen molar-refractivity contribution in [1.29, 1.82) is 10.7 Å². The number of benzene rings is 1. The Kier molecular flexibility index (Phi) is 6.77. The smallest absolute Gasteiger partial charge is 0.275 e. The molecule has 0 atom stereocenters. The van der Waals surface area contributed by atoms with Gasteiger partial charge in [-0.1, -0.05) is 6.08 Å². The van der Waals surface area contributed by atoms with Crippen LogP contribution in [-0.2, 0) is 17.7 Å². The first-order valence-corrected chi connectivity index (χ1v) is 9.70. The minimum absolute atomic E-state index is 0.0675. The fourth-order valence-electron chi connectivity index (χ4n) is 3.52. The average molecular weight is 417 g/mol. The molecule has 0 spiro atoms. The van der Waals surface area contributed by atoms with Crippen molar-refractivity contribution in [1.82, 2.24) is 19.6 Å². The van der Waals surface area contributed by atoms with Crippen molar-refractivity contribution in [3.8, 4) is 28.5 Å². The highest BCUT2D eigenvalue weighted by Crippen LogP contribution is 2.35. The molecule has 31 heavy (non-hydrogen) atoms. The number of primary amides is 1. The molecule has 10 heteroatoms. The zero-order valence-corrected chi connectivity index (χ0v) is 17.0. The summed E-state index contributed by atoms with van der Waals surface area (Å²) in [5.74, 6) is 2.06. The van der Waals surface area contributed by atoms with Gasteiger partial charge in [-0.3, -0.25) is 14.9 Å². The van der Waals surface area contributed by atoms with Crippen molar-refractivity contribution in [2.75, 3.05) is 0 Å². The lowest BCUT2D eigenvalue weighted by Crippen LogP contribution is -2.26. The Labute approximate surface area is 179 Å². The third-order valence-electron chi connectivity index (χ3n) is 4.89. The van der Waals surface area contributed by atoms with Crippen LogP contribution in [0, 0.1) is 22.5 Å². The number of hydrogen-bond acceptors (Lipinski definition) is 5. The molecule has 1 aromatic carbocycles. The minimum Gasteiger partial charge on any atom is -0.372 e. The molecule has 1 aliphatic rings. The van der Waals surface area contributed by atoms with Gasteiger partial charge in [0.05, 0.1) is 11.3 Å². The fourth-order valence-corrected chi connectivity index (χ4v) is 3.52. The topological polar surface area (TPSA) is 126 Å². The Balaban J connectivity index is 0.000000858. The van der Waals surface area contributed by atoms with Gasteiger partial charge in [-0.25, -0.2) is 14.3 Å². The molecular formula is C21H21BFN7O. The molecule has 3 heterocycles. The van der Waals surface area contributed by atoms with Crippen molar-refractivity contribution in [3.05, 3.63) is 59.5 Å². The van der Waals surface area contributed by atoms with Crippen LogP contribution in [0.1, 0.15) is 12.6 Å². The second kappa shape index (κ2) is 9.67. The number of aryl methyl sites for hydroxylation is 1. The van der Waals surface area contributed by atoms with Crippen LogP contribution in [0.15, 0.2) is 42.5 Å². The minimum atomic E-state index is -0.304.